The predicted octanol–water partition coefficient (Wildman–Crippen LogP) is 0.0558. The van der Waals surface area contributed by atoms with E-state index < -0.39 is 5.82 Å². The molecule has 13 heteroatoms. The van der Waals surface area contributed by atoms with E-state index in [0.717, 1.165) is 25.4 Å². The highest BCUT2D eigenvalue weighted by atomic mass is 19.1. The molecule has 0 bridgehead atoms. The molecular formula is C19H24FN11O. The first kappa shape index (κ1) is 20.5. The van der Waals surface area contributed by atoms with E-state index in [1.54, 1.807) is 6.20 Å². The maximum Gasteiger partial charge on any atom is 0.232 e. The Kier molecular flexibility index (Phi) is 5.98. The first-order valence-corrected chi connectivity index (χ1v) is 10.5. The van der Waals surface area contributed by atoms with Crippen molar-refractivity contribution in [3.05, 3.63) is 36.9 Å². The molecule has 2 saturated heterocycles. The first-order valence-electron chi connectivity index (χ1n) is 10.5. The number of halogens is 1. The summed E-state index contributed by atoms with van der Waals surface area (Å²) in [7, 11) is 0. The summed E-state index contributed by atoms with van der Waals surface area (Å²) in [6, 6.07) is 0. The molecule has 0 radical (unpaired) electrons. The summed E-state index contributed by atoms with van der Waals surface area (Å²) in [5.41, 5.74) is 0.796. The van der Waals surface area contributed by atoms with Crippen LogP contribution in [0.3, 0.4) is 0 Å². The summed E-state index contributed by atoms with van der Waals surface area (Å²) in [6.45, 7) is 5.86. The molecule has 0 aromatic carbocycles. The number of rotatable bonds is 6. The van der Waals surface area contributed by atoms with Gasteiger partial charge in [-0.05, 0) is 0 Å². The van der Waals surface area contributed by atoms with E-state index in [0.29, 0.717) is 50.6 Å². The van der Waals surface area contributed by atoms with Crippen LogP contribution in [0.25, 0.3) is 0 Å². The number of aromatic nitrogens is 7. The van der Waals surface area contributed by atoms with Crippen molar-refractivity contribution in [3.63, 3.8) is 0 Å². The lowest BCUT2D eigenvalue weighted by atomic mass is 10.3. The lowest BCUT2D eigenvalue weighted by Crippen LogP contribution is -2.47. The molecule has 2 aliphatic rings. The van der Waals surface area contributed by atoms with E-state index >= 15 is 0 Å². The van der Waals surface area contributed by atoms with E-state index in [2.05, 4.69) is 45.6 Å². The molecule has 32 heavy (non-hydrogen) atoms. The molecule has 1 atom stereocenters. The van der Waals surface area contributed by atoms with Crippen LogP contribution < -0.4 is 20.4 Å². The van der Waals surface area contributed by atoms with Crippen molar-refractivity contribution in [2.24, 2.45) is 0 Å². The molecule has 5 rings (SSSR count). The van der Waals surface area contributed by atoms with Crippen LogP contribution in [0.15, 0.2) is 31.1 Å². The number of nitrogens with zero attached hydrogens (tertiary/aromatic N) is 9. The minimum atomic E-state index is -0.442. The third-order valence-electron chi connectivity index (χ3n) is 5.30. The van der Waals surface area contributed by atoms with Crippen LogP contribution in [0.4, 0.5) is 27.9 Å². The Morgan fingerprint density at radius 3 is 2.56 bits per heavy atom. The van der Waals surface area contributed by atoms with Crippen LogP contribution in [0.5, 0.6) is 0 Å². The molecule has 0 amide bonds. The van der Waals surface area contributed by atoms with Gasteiger partial charge < -0.3 is 25.2 Å². The SMILES string of the molecule is Fc1cnc(N2CCN(c3ncnc(Nc4cnn(C[C@@H]5CNCCO5)c4)n3)CC2)nc1. The molecule has 2 N–H and O–H groups in total. The Hall–Kier alpha value is -3.45. The topological polar surface area (TPSA) is 122 Å². The fourth-order valence-electron chi connectivity index (χ4n) is 3.68. The lowest BCUT2D eigenvalue weighted by molar-refractivity contribution is 0.0161. The van der Waals surface area contributed by atoms with E-state index in [4.69, 9.17) is 4.74 Å². The van der Waals surface area contributed by atoms with Gasteiger partial charge >= 0.3 is 0 Å². The van der Waals surface area contributed by atoms with Gasteiger partial charge in [0.15, 0.2) is 5.82 Å². The second kappa shape index (κ2) is 9.36. The number of ether oxygens (including phenoxy) is 1. The van der Waals surface area contributed by atoms with Gasteiger partial charge in [-0.3, -0.25) is 4.68 Å². The van der Waals surface area contributed by atoms with E-state index in [1.165, 1.54) is 18.7 Å². The normalized spacial score (nSPS) is 19.2. The number of nitrogens with one attached hydrogen (secondary N) is 2. The standard InChI is InChI=1S/C19H24FN11O/c20-14-7-22-18(23-8-14)29-2-4-30(5-3-29)19-25-13-24-17(28-19)27-15-9-26-31(11-15)12-16-10-21-1-6-32-16/h7-9,11,13,16,21H,1-6,10,12H2,(H,24,25,27,28)/t16-/m0/s1. The van der Waals surface area contributed by atoms with Crippen molar-refractivity contribution in [2.75, 3.05) is 61.0 Å². The Bertz CT molecular complexity index is 1020. The number of hydrogen-bond acceptors (Lipinski definition) is 11. The van der Waals surface area contributed by atoms with Crippen LogP contribution in [0.1, 0.15) is 0 Å². The second-order valence-electron chi connectivity index (χ2n) is 7.56. The minimum Gasteiger partial charge on any atom is -0.374 e. The molecule has 3 aromatic heterocycles. The Balaban J connectivity index is 1.18. The highest BCUT2D eigenvalue weighted by Gasteiger charge is 2.21. The Morgan fingerprint density at radius 2 is 1.81 bits per heavy atom. The van der Waals surface area contributed by atoms with Crippen molar-refractivity contribution in [1.29, 1.82) is 0 Å². The minimum absolute atomic E-state index is 0.110. The molecule has 2 aliphatic heterocycles. The van der Waals surface area contributed by atoms with Crippen LogP contribution in [-0.4, -0.2) is 86.7 Å². The smallest absolute Gasteiger partial charge is 0.232 e. The predicted molar refractivity (Wildman–Crippen MR) is 114 cm³/mol. The average molecular weight is 441 g/mol. The van der Waals surface area contributed by atoms with Gasteiger partial charge in [0.25, 0.3) is 0 Å². The quantitative estimate of drug-likeness (QED) is 0.540. The summed E-state index contributed by atoms with van der Waals surface area (Å²) in [5, 5.41) is 10.9. The van der Waals surface area contributed by atoms with Crippen molar-refractivity contribution >= 4 is 23.5 Å². The van der Waals surface area contributed by atoms with E-state index in [-0.39, 0.29) is 6.10 Å². The molecule has 3 aromatic rings. The lowest BCUT2D eigenvalue weighted by Gasteiger charge is -2.34. The zero-order valence-electron chi connectivity index (χ0n) is 17.4. The number of piperazine rings is 1. The number of hydrogen-bond donors (Lipinski definition) is 2. The van der Waals surface area contributed by atoms with Gasteiger partial charge in [-0.15, -0.1) is 0 Å². The summed E-state index contributed by atoms with van der Waals surface area (Å²) in [4.78, 5) is 25.3. The van der Waals surface area contributed by atoms with Gasteiger partial charge in [0.2, 0.25) is 17.8 Å². The molecule has 0 aliphatic carbocycles. The van der Waals surface area contributed by atoms with E-state index in [9.17, 15) is 4.39 Å². The molecule has 12 nitrogen and oxygen atoms in total. The van der Waals surface area contributed by atoms with Gasteiger partial charge in [0, 0.05) is 45.5 Å². The van der Waals surface area contributed by atoms with Crippen LogP contribution in [0, 0.1) is 5.82 Å². The summed E-state index contributed by atoms with van der Waals surface area (Å²) in [5.74, 6) is 1.13. The second-order valence-corrected chi connectivity index (χ2v) is 7.56. The fourth-order valence-corrected chi connectivity index (χ4v) is 3.68. The number of morpholine rings is 1. The summed E-state index contributed by atoms with van der Waals surface area (Å²) < 4.78 is 20.6. The fraction of sp³-hybridized carbons (Fsp3) is 0.474. The van der Waals surface area contributed by atoms with Gasteiger partial charge in [0.1, 0.15) is 6.33 Å². The van der Waals surface area contributed by atoms with Crippen molar-refractivity contribution in [3.8, 4) is 0 Å². The third kappa shape index (κ3) is 4.89. The monoisotopic (exact) mass is 441 g/mol. The zero-order chi connectivity index (χ0) is 21.8. The average Bonchev–Trinajstić information content (AvgIpc) is 3.27. The summed E-state index contributed by atoms with van der Waals surface area (Å²) in [6.07, 6.45) is 7.61. The summed E-state index contributed by atoms with van der Waals surface area (Å²) >= 11 is 0. The maximum atomic E-state index is 13.0. The highest BCUT2D eigenvalue weighted by molar-refractivity contribution is 5.51. The molecule has 0 spiro atoms. The van der Waals surface area contributed by atoms with Gasteiger partial charge in [0.05, 0.1) is 43.5 Å². The van der Waals surface area contributed by atoms with Gasteiger partial charge in [-0.25, -0.2) is 24.3 Å². The molecule has 0 saturated carbocycles. The Labute approximate surface area is 183 Å². The maximum absolute atomic E-state index is 13.0. The molecule has 0 unspecified atom stereocenters. The Morgan fingerprint density at radius 1 is 1.03 bits per heavy atom. The van der Waals surface area contributed by atoms with Crippen molar-refractivity contribution < 1.29 is 9.13 Å². The number of anilines is 4. The molecule has 168 valence electrons. The van der Waals surface area contributed by atoms with Crippen molar-refractivity contribution in [2.45, 2.75) is 12.6 Å². The molecular weight excluding hydrogens is 417 g/mol. The molecule has 5 heterocycles. The van der Waals surface area contributed by atoms with Gasteiger partial charge in [-0.1, -0.05) is 0 Å². The third-order valence-corrected chi connectivity index (χ3v) is 5.30. The van der Waals surface area contributed by atoms with Crippen LogP contribution >= 0.6 is 0 Å². The zero-order valence-corrected chi connectivity index (χ0v) is 17.4. The van der Waals surface area contributed by atoms with Crippen LogP contribution in [0.2, 0.25) is 0 Å². The van der Waals surface area contributed by atoms with Crippen LogP contribution in [-0.2, 0) is 11.3 Å². The first-order chi connectivity index (χ1) is 15.7. The van der Waals surface area contributed by atoms with E-state index in [1.807, 2.05) is 15.8 Å². The largest absolute Gasteiger partial charge is 0.374 e. The van der Waals surface area contributed by atoms with Crippen molar-refractivity contribution in [1.82, 2.24) is 40.0 Å². The highest BCUT2D eigenvalue weighted by Crippen LogP contribution is 2.17. The molecule has 2 fully saturated rings. The van der Waals surface area contributed by atoms with Gasteiger partial charge in [-0.2, -0.15) is 10.1 Å².